The molecule has 0 unspecified atom stereocenters. The quantitative estimate of drug-likeness (QED) is 0.121. The Morgan fingerprint density at radius 2 is 1.34 bits per heavy atom. The third kappa shape index (κ3) is 6.68. The van der Waals surface area contributed by atoms with E-state index in [0.717, 1.165) is 24.5 Å². The van der Waals surface area contributed by atoms with Gasteiger partial charge in [-0.2, -0.15) is 8.78 Å². The second-order valence-electron chi connectivity index (χ2n) is 9.00. The molecule has 212 valence electrons. The maximum Gasteiger partial charge on any atom is 0.432 e. The lowest BCUT2D eigenvalue weighted by atomic mass is 9.99. The Morgan fingerprint density at radius 3 is 1.93 bits per heavy atom. The number of benzene rings is 4. The Bertz CT molecular complexity index is 1620. The zero-order chi connectivity index (χ0) is 29.9. The van der Waals surface area contributed by atoms with Gasteiger partial charge in [0, 0.05) is 23.3 Å². The number of aryl methyl sites for hydroxylation is 1. The zero-order valence-corrected chi connectivity index (χ0v) is 21.2. The summed E-state index contributed by atoms with van der Waals surface area (Å²) in [4.78, 5) is 0. The Morgan fingerprint density at radius 1 is 0.683 bits per heavy atom. The maximum atomic E-state index is 14.7. The topological polar surface area (TPSA) is 9.23 Å². The van der Waals surface area contributed by atoms with E-state index in [4.69, 9.17) is 0 Å². The zero-order valence-electron chi connectivity index (χ0n) is 21.2. The molecule has 0 radical (unpaired) electrons. The minimum atomic E-state index is -4.76. The molecule has 0 bridgehead atoms. The first-order valence-electron chi connectivity index (χ1n) is 12.2. The van der Waals surface area contributed by atoms with Crippen molar-refractivity contribution in [2.75, 3.05) is 0 Å². The van der Waals surface area contributed by atoms with Crippen LogP contribution in [0.15, 0.2) is 60.7 Å². The van der Waals surface area contributed by atoms with E-state index in [2.05, 4.69) is 16.6 Å². The fourth-order valence-electron chi connectivity index (χ4n) is 3.97. The molecule has 0 aromatic heterocycles. The molecule has 41 heavy (non-hydrogen) atoms. The molecule has 4 aromatic rings. The van der Waals surface area contributed by atoms with Crippen molar-refractivity contribution in [3.05, 3.63) is 124 Å². The summed E-state index contributed by atoms with van der Waals surface area (Å²) in [7, 11) is 0. The monoisotopic (exact) mass is 578 g/mol. The molecule has 0 aliphatic carbocycles. The molecule has 0 spiro atoms. The molecule has 4 aromatic carbocycles. The van der Waals surface area contributed by atoms with E-state index in [0.29, 0.717) is 18.6 Å². The second-order valence-corrected chi connectivity index (χ2v) is 9.00. The average molecular weight is 578 g/mol. The van der Waals surface area contributed by atoms with Crippen molar-refractivity contribution < 1.29 is 44.3 Å². The lowest BCUT2D eigenvalue weighted by Crippen LogP contribution is -2.25. The summed E-state index contributed by atoms with van der Waals surface area (Å²) in [6.45, 7) is 2.01. The van der Waals surface area contributed by atoms with Gasteiger partial charge in [-0.1, -0.05) is 43.4 Å². The van der Waals surface area contributed by atoms with Crippen molar-refractivity contribution in [3.63, 3.8) is 0 Å². The van der Waals surface area contributed by atoms with Crippen LogP contribution in [0, 0.1) is 52.6 Å². The van der Waals surface area contributed by atoms with Gasteiger partial charge in [0.1, 0.15) is 34.6 Å². The van der Waals surface area contributed by atoms with Crippen LogP contribution in [0.2, 0.25) is 0 Å². The molecule has 0 saturated heterocycles. The molecule has 0 aliphatic heterocycles. The summed E-state index contributed by atoms with van der Waals surface area (Å²) in [5, 5.41) is 0. The largest absolute Gasteiger partial charge is 0.432 e. The fourth-order valence-corrected chi connectivity index (χ4v) is 3.97. The highest BCUT2D eigenvalue weighted by Crippen LogP contribution is 2.36. The minimum Gasteiger partial charge on any atom is -0.429 e. The van der Waals surface area contributed by atoms with Gasteiger partial charge >= 0.3 is 6.11 Å². The van der Waals surface area contributed by atoms with Crippen LogP contribution >= 0.6 is 0 Å². The Balaban J connectivity index is 1.57. The van der Waals surface area contributed by atoms with Crippen molar-refractivity contribution in [1.82, 2.24) is 0 Å². The highest BCUT2D eigenvalue weighted by molar-refractivity contribution is 5.66. The first-order chi connectivity index (χ1) is 19.4. The van der Waals surface area contributed by atoms with Crippen LogP contribution in [0.4, 0.5) is 39.5 Å². The van der Waals surface area contributed by atoms with Gasteiger partial charge in [0.15, 0.2) is 17.5 Å². The number of hydrogen-bond acceptors (Lipinski definition) is 1. The average Bonchev–Trinajstić information content (AvgIpc) is 2.89. The standard InChI is InChI=1S/C31H19F9O/c1-2-3-4-17-6-10-22(24(33)11-17)20-9-8-19(23(32)14-20)7-5-18-12-25(34)29(26(35)13-18)31(39,40)41-21-15-27(36)30(38)28(37)16-21/h6,8-16H,2-4H2,1H3. The number of halogens is 9. The van der Waals surface area contributed by atoms with Crippen LogP contribution in [0.1, 0.15) is 42.0 Å². The first-order valence-corrected chi connectivity index (χ1v) is 12.2. The SMILES string of the molecule is CCCCc1ccc(-c2ccc(C#Cc3cc(F)c(C(F)(F)Oc4cc(F)c(F)c(F)c4)c(F)c3)c(F)c2)c(F)c1. The highest BCUT2D eigenvalue weighted by Gasteiger charge is 2.41. The molecular weight excluding hydrogens is 559 g/mol. The van der Waals surface area contributed by atoms with Gasteiger partial charge in [0.25, 0.3) is 0 Å². The van der Waals surface area contributed by atoms with E-state index in [1.165, 1.54) is 24.3 Å². The van der Waals surface area contributed by atoms with Crippen molar-refractivity contribution in [2.45, 2.75) is 32.3 Å². The van der Waals surface area contributed by atoms with Crippen LogP contribution in [0.5, 0.6) is 5.75 Å². The van der Waals surface area contributed by atoms with E-state index in [1.807, 2.05) is 6.92 Å². The van der Waals surface area contributed by atoms with E-state index in [-0.39, 0.29) is 28.8 Å². The van der Waals surface area contributed by atoms with Crippen molar-refractivity contribution >= 4 is 0 Å². The van der Waals surface area contributed by atoms with Crippen LogP contribution in [0.3, 0.4) is 0 Å². The normalized spacial score (nSPS) is 11.3. The van der Waals surface area contributed by atoms with Crippen molar-refractivity contribution in [2.24, 2.45) is 0 Å². The lowest BCUT2D eigenvalue weighted by molar-refractivity contribution is -0.189. The van der Waals surface area contributed by atoms with E-state index in [9.17, 15) is 39.5 Å². The van der Waals surface area contributed by atoms with Crippen LogP contribution < -0.4 is 4.74 Å². The summed E-state index contributed by atoms with van der Waals surface area (Å²) in [6.07, 6.45) is -2.21. The third-order valence-electron chi connectivity index (χ3n) is 6.01. The number of alkyl halides is 2. The van der Waals surface area contributed by atoms with Gasteiger partial charge < -0.3 is 4.74 Å². The number of unbranched alkanes of at least 4 members (excludes halogenated alkanes) is 1. The molecule has 0 amide bonds. The molecule has 10 heteroatoms. The fraction of sp³-hybridized carbons (Fsp3) is 0.161. The van der Waals surface area contributed by atoms with E-state index >= 15 is 0 Å². The summed E-state index contributed by atoms with van der Waals surface area (Å²) in [6, 6.07) is 9.36. The first kappa shape index (κ1) is 29.6. The Hall–Kier alpha value is -4.39. The summed E-state index contributed by atoms with van der Waals surface area (Å²) < 4.78 is 131. The molecule has 0 fully saturated rings. The molecule has 4 rings (SSSR count). The molecule has 0 heterocycles. The van der Waals surface area contributed by atoms with Gasteiger partial charge in [0.05, 0.1) is 5.56 Å². The third-order valence-corrected chi connectivity index (χ3v) is 6.01. The van der Waals surface area contributed by atoms with Gasteiger partial charge in [-0.25, -0.2) is 30.7 Å². The van der Waals surface area contributed by atoms with Gasteiger partial charge in [-0.15, -0.1) is 0 Å². The minimum absolute atomic E-state index is 0.0822. The van der Waals surface area contributed by atoms with Crippen molar-refractivity contribution in [3.8, 4) is 28.7 Å². The molecule has 1 nitrogen and oxygen atoms in total. The van der Waals surface area contributed by atoms with Crippen LogP contribution in [-0.4, -0.2) is 0 Å². The van der Waals surface area contributed by atoms with Gasteiger partial charge in [0.2, 0.25) is 0 Å². The van der Waals surface area contributed by atoms with E-state index < -0.39 is 63.7 Å². The molecule has 0 atom stereocenters. The predicted octanol–water partition coefficient (Wildman–Crippen LogP) is 9.20. The number of rotatable bonds is 7. The van der Waals surface area contributed by atoms with Crippen LogP contribution in [-0.2, 0) is 12.5 Å². The molecule has 0 aliphatic rings. The number of ether oxygens (including phenoxy) is 1. The van der Waals surface area contributed by atoms with Gasteiger partial charge in [-0.05, 0) is 54.3 Å². The summed E-state index contributed by atoms with van der Waals surface area (Å²) in [5.41, 5.74) is -1.35. The summed E-state index contributed by atoms with van der Waals surface area (Å²) >= 11 is 0. The van der Waals surface area contributed by atoms with Gasteiger partial charge in [-0.3, -0.25) is 0 Å². The Kier molecular flexibility index (Phi) is 8.66. The highest BCUT2D eigenvalue weighted by atomic mass is 19.3. The molecular formula is C31H19F9O. The number of hydrogen-bond donors (Lipinski definition) is 0. The van der Waals surface area contributed by atoms with Crippen LogP contribution in [0.25, 0.3) is 11.1 Å². The maximum absolute atomic E-state index is 14.7. The predicted molar refractivity (Wildman–Crippen MR) is 134 cm³/mol. The smallest absolute Gasteiger partial charge is 0.429 e. The van der Waals surface area contributed by atoms with Crippen molar-refractivity contribution in [1.29, 1.82) is 0 Å². The molecule has 0 saturated carbocycles. The second kappa shape index (κ2) is 12.0. The molecule has 0 N–H and O–H groups in total. The lowest BCUT2D eigenvalue weighted by Gasteiger charge is -2.19. The summed E-state index contributed by atoms with van der Waals surface area (Å²) in [5.74, 6) is -7.32. The van der Waals surface area contributed by atoms with E-state index in [1.54, 1.807) is 6.07 Å². The Labute approximate surface area is 229 Å².